The Morgan fingerprint density at radius 2 is 2.25 bits per heavy atom. The lowest BCUT2D eigenvalue weighted by Crippen LogP contribution is -2.20. The van der Waals surface area contributed by atoms with Crippen LogP contribution < -0.4 is 0 Å². The summed E-state index contributed by atoms with van der Waals surface area (Å²) in [7, 11) is 0. The Balaban J connectivity index is 1.93. The van der Waals surface area contributed by atoms with E-state index in [0.717, 1.165) is 23.8 Å². The van der Waals surface area contributed by atoms with Crippen LogP contribution in [-0.2, 0) is 0 Å². The number of fused-ring (bicyclic) bond motifs is 2. The van der Waals surface area contributed by atoms with Crippen molar-refractivity contribution in [1.82, 2.24) is 4.90 Å². The molecule has 0 unspecified atom stereocenters. The Morgan fingerprint density at radius 3 is 3.10 bits per heavy atom. The van der Waals surface area contributed by atoms with Crippen molar-refractivity contribution in [2.24, 2.45) is 4.99 Å². The van der Waals surface area contributed by atoms with E-state index in [-0.39, 0.29) is 0 Å². The van der Waals surface area contributed by atoms with E-state index in [4.69, 9.17) is 4.42 Å². The van der Waals surface area contributed by atoms with Crippen LogP contribution in [0.2, 0.25) is 0 Å². The summed E-state index contributed by atoms with van der Waals surface area (Å²) in [5.41, 5.74) is 3.54. The van der Waals surface area contributed by atoms with Gasteiger partial charge in [0, 0.05) is 22.4 Å². The molecule has 0 atom stereocenters. The number of thioether (sulfide) groups is 2. The van der Waals surface area contributed by atoms with E-state index in [1.54, 1.807) is 29.8 Å². The molecule has 0 aliphatic carbocycles. The average molecular weight is 302 g/mol. The first-order valence-electron chi connectivity index (χ1n) is 6.55. The first-order valence-corrected chi connectivity index (χ1v) is 8.59. The second-order valence-corrected chi connectivity index (χ2v) is 6.83. The van der Waals surface area contributed by atoms with Crippen LogP contribution in [0.1, 0.15) is 12.5 Å². The van der Waals surface area contributed by atoms with Gasteiger partial charge in [-0.25, -0.2) is 0 Å². The summed E-state index contributed by atoms with van der Waals surface area (Å²) in [5.74, 6) is 0. The van der Waals surface area contributed by atoms with Gasteiger partial charge in [0.05, 0.1) is 23.4 Å². The third kappa shape index (κ3) is 1.66. The zero-order chi connectivity index (χ0) is 13.7. The Bertz CT molecular complexity index is 760. The number of nitrogens with zero attached hydrogens (tertiary/aromatic N) is 2. The van der Waals surface area contributed by atoms with Gasteiger partial charge in [-0.2, -0.15) is 0 Å². The average Bonchev–Trinajstić information content (AvgIpc) is 3.12. The molecule has 0 saturated carbocycles. The second kappa shape index (κ2) is 4.60. The molecule has 0 radical (unpaired) electrons. The number of rotatable bonds is 2. The number of aliphatic imine (C=N–C) groups is 1. The molecule has 1 aromatic carbocycles. The van der Waals surface area contributed by atoms with E-state index in [0.29, 0.717) is 0 Å². The van der Waals surface area contributed by atoms with Gasteiger partial charge in [-0.3, -0.25) is 4.99 Å². The van der Waals surface area contributed by atoms with E-state index >= 15 is 0 Å². The van der Waals surface area contributed by atoms with E-state index in [1.165, 1.54) is 26.4 Å². The van der Waals surface area contributed by atoms with Gasteiger partial charge in [-0.1, -0.05) is 17.8 Å². The molecule has 3 heterocycles. The summed E-state index contributed by atoms with van der Waals surface area (Å²) in [5, 5.41) is 2.34. The monoisotopic (exact) mass is 302 g/mol. The molecule has 3 nitrogen and oxygen atoms in total. The number of hydrogen-bond donors (Lipinski definition) is 0. The van der Waals surface area contributed by atoms with E-state index in [1.807, 2.05) is 0 Å². The molecule has 102 valence electrons. The van der Waals surface area contributed by atoms with E-state index < -0.39 is 0 Å². The first kappa shape index (κ1) is 12.4. The van der Waals surface area contributed by atoms with Gasteiger partial charge in [-0.05, 0) is 25.3 Å². The maximum absolute atomic E-state index is 5.69. The van der Waals surface area contributed by atoms with Crippen molar-refractivity contribution < 1.29 is 4.42 Å². The molecule has 2 aromatic rings. The fraction of sp³-hybridized carbons (Fsp3) is 0.267. The highest BCUT2D eigenvalue weighted by Gasteiger charge is 2.32. The van der Waals surface area contributed by atoms with Gasteiger partial charge in [0.25, 0.3) is 0 Å². The van der Waals surface area contributed by atoms with Crippen LogP contribution in [0.4, 0.5) is 0 Å². The topological polar surface area (TPSA) is 28.7 Å². The molecule has 0 spiro atoms. The fourth-order valence-electron chi connectivity index (χ4n) is 2.84. The summed E-state index contributed by atoms with van der Waals surface area (Å²) in [6.45, 7) is 4.06. The van der Waals surface area contributed by atoms with Crippen molar-refractivity contribution in [3.8, 4) is 0 Å². The van der Waals surface area contributed by atoms with Crippen molar-refractivity contribution >= 4 is 45.4 Å². The maximum Gasteiger partial charge on any atom is 0.168 e. The summed E-state index contributed by atoms with van der Waals surface area (Å²) in [6, 6.07) is 6.44. The highest BCUT2D eigenvalue weighted by Crippen LogP contribution is 2.44. The number of allylic oxidation sites excluding steroid dienone is 1. The Morgan fingerprint density at radius 1 is 1.35 bits per heavy atom. The lowest BCUT2D eigenvalue weighted by Gasteiger charge is -2.18. The third-order valence-electron chi connectivity index (χ3n) is 3.70. The summed E-state index contributed by atoms with van der Waals surface area (Å²) < 4.78 is 5.69. The predicted octanol–water partition coefficient (Wildman–Crippen LogP) is 4.26. The van der Waals surface area contributed by atoms with Gasteiger partial charge in [0.2, 0.25) is 0 Å². The quantitative estimate of drug-likeness (QED) is 0.775. The van der Waals surface area contributed by atoms with Crippen LogP contribution >= 0.6 is 23.5 Å². The van der Waals surface area contributed by atoms with Crippen molar-refractivity contribution in [2.75, 3.05) is 19.3 Å². The molecule has 2 aliphatic rings. The highest BCUT2D eigenvalue weighted by atomic mass is 32.2. The zero-order valence-corrected chi connectivity index (χ0v) is 13.0. The summed E-state index contributed by atoms with van der Waals surface area (Å²) in [4.78, 5) is 9.41. The minimum absolute atomic E-state index is 0.899. The standard InChI is InChI=1S/C15H14N2OS2/c1-9-13(17-7-6-16-15(17)20-9)10-3-4-12(19-2)14-11(10)5-8-18-14/h3-5,8H,6-7H2,1-2H3. The van der Waals surface area contributed by atoms with Crippen LogP contribution in [0.25, 0.3) is 16.7 Å². The minimum atomic E-state index is 0.899. The minimum Gasteiger partial charge on any atom is -0.463 e. The molecule has 0 saturated heterocycles. The molecule has 0 fully saturated rings. The second-order valence-electron chi connectivity index (χ2n) is 4.80. The molecule has 5 heteroatoms. The van der Waals surface area contributed by atoms with E-state index in [9.17, 15) is 0 Å². The molecule has 2 aliphatic heterocycles. The molecule has 0 amide bonds. The molecule has 0 N–H and O–H groups in total. The largest absolute Gasteiger partial charge is 0.463 e. The lowest BCUT2D eigenvalue weighted by molar-refractivity contribution is 0.608. The smallest absolute Gasteiger partial charge is 0.168 e. The van der Waals surface area contributed by atoms with Crippen molar-refractivity contribution in [2.45, 2.75) is 11.8 Å². The zero-order valence-electron chi connectivity index (χ0n) is 11.3. The van der Waals surface area contributed by atoms with Crippen molar-refractivity contribution in [1.29, 1.82) is 0 Å². The van der Waals surface area contributed by atoms with E-state index in [2.05, 4.69) is 41.3 Å². The van der Waals surface area contributed by atoms with Gasteiger partial charge in [0.1, 0.15) is 5.58 Å². The van der Waals surface area contributed by atoms with Gasteiger partial charge in [0.15, 0.2) is 5.17 Å². The SMILES string of the molecule is CSc1ccc(C2=C(C)SC3=NCCN32)c2ccoc12. The lowest BCUT2D eigenvalue weighted by atomic mass is 10.1. The molecular weight excluding hydrogens is 288 g/mol. The Labute approximate surface area is 126 Å². The number of hydrogen-bond acceptors (Lipinski definition) is 5. The molecule has 4 rings (SSSR count). The molecule has 1 aromatic heterocycles. The molecular formula is C15H14N2OS2. The van der Waals surface area contributed by atoms with Crippen LogP contribution in [0.5, 0.6) is 0 Å². The van der Waals surface area contributed by atoms with Crippen LogP contribution in [0, 0.1) is 0 Å². The van der Waals surface area contributed by atoms with Crippen LogP contribution in [0.15, 0.2) is 43.7 Å². The highest BCUT2D eigenvalue weighted by molar-refractivity contribution is 8.17. The van der Waals surface area contributed by atoms with Gasteiger partial charge in [-0.15, -0.1) is 11.8 Å². The maximum atomic E-state index is 5.69. The molecule has 20 heavy (non-hydrogen) atoms. The molecule has 0 bridgehead atoms. The first-order chi connectivity index (χ1) is 9.79. The fourth-order valence-corrected chi connectivity index (χ4v) is 4.42. The number of furan rings is 1. The van der Waals surface area contributed by atoms with Gasteiger partial charge < -0.3 is 9.32 Å². The van der Waals surface area contributed by atoms with Crippen molar-refractivity contribution in [3.63, 3.8) is 0 Å². The Hall–Kier alpha value is -1.33. The summed E-state index contributed by atoms with van der Waals surface area (Å²) >= 11 is 3.50. The summed E-state index contributed by atoms with van der Waals surface area (Å²) in [6.07, 6.45) is 3.86. The van der Waals surface area contributed by atoms with Gasteiger partial charge >= 0.3 is 0 Å². The van der Waals surface area contributed by atoms with Crippen LogP contribution in [-0.4, -0.2) is 29.4 Å². The Kier molecular flexibility index (Phi) is 2.86. The number of amidine groups is 1. The van der Waals surface area contributed by atoms with Crippen molar-refractivity contribution in [3.05, 3.63) is 34.9 Å². The predicted molar refractivity (Wildman–Crippen MR) is 87.2 cm³/mol. The normalized spacial score (nSPS) is 18.1. The number of benzene rings is 1. The van der Waals surface area contributed by atoms with Crippen LogP contribution in [0.3, 0.4) is 0 Å². The third-order valence-corrected chi connectivity index (χ3v) is 5.50.